The highest BCUT2D eigenvalue weighted by Gasteiger charge is 2.06. The molecule has 0 aliphatic rings. The van der Waals surface area contributed by atoms with E-state index >= 15 is 0 Å². The predicted molar refractivity (Wildman–Crippen MR) is 54.6 cm³/mol. The van der Waals surface area contributed by atoms with Crippen LogP contribution < -0.4 is 4.74 Å². The summed E-state index contributed by atoms with van der Waals surface area (Å²) >= 11 is 0. The Labute approximate surface area is 84.1 Å². The van der Waals surface area contributed by atoms with Gasteiger partial charge in [-0.2, -0.15) is 0 Å². The molecule has 0 aromatic carbocycles. The number of carbonyl (C=O) groups is 1. The quantitative estimate of drug-likeness (QED) is 0.674. The Bertz CT molecular complexity index is 310. The third kappa shape index (κ3) is 2.83. The molecule has 0 fully saturated rings. The van der Waals surface area contributed by atoms with E-state index in [0.29, 0.717) is 17.7 Å². The first kappa shape index (κ1) is 10.7. The highest BCUT2D eigenvalue weighted by molar-refractivity contribution is 5.96. The van der Waals surface area contributed by atoms with Gasteiger partial charge in [0.1, 0.15) is 5.75 Å². The van der Waals surface area contributed by atoms with Crippen molar-refractivity contribution < 1.29 is 9.53 Å². The van der Waals surface area contributed by atoms with Gasteiger partial charge in [-0.05, 0) is 12.5 Å². The van der Waals surface area contributed by atoms with Crippen molar-refractivity contribution in [2.45, 2.75) is 26.2 Å². The summed E-state index contributed by atoms with van der Waals surface area (Å²) < 4.78 is 4.99. The summed E-state index contributed by atoms with van der Waals surface area (Å²) in [4.78, 5) is 15.5. The van der Waals surface area contributed by atoms with Gasteiger partial charge in [-0.25, -0.2) is 0 Å². The maximum Gasteiger partial charge on any atom is 0.164 e. The number of nitrogens with zero attached hydrogens (tertiary/aromatic N) is 1. The third-order valence-electron chi connectivity index (χ3n) is 2.03. The van der Waals surface area contributed by atoms with Gasteiger partial charge in [-0.1, -0.05) is 13.3 Å². The predicted octanol–water partition coefficient (Wildman–Crippen LogP) is 2.46. The summed E-state index contributed by atoms with van der Waals surface area (Å²) in [5.74, 6) is 0.769. The average Bonchev–Trinajstić information content (AvgIpc) is 2.26. The monoisotopic (exact) mass is 193 g/mol. The minimum atomic E-state index is 0.137. The maximum absolute atomic E-state index is 11.6. The Morgan fingerprint density at radius 3 is 2.93 bits per heavy atom. The number of ketones is 1. The summed E-state index contributed by atoms with van der Waals surface area (Å²) in [5.41, 5.74) is 0.637. The second kappa shape index (κ2) is 5.37. The van der Waals surface area contributed by atoms with E-state index in [4.69, 9.17) is 4.74 Å². The Balaban J connectivity index is 2.69. The van der Waals surface area contributed by atoms with Crippen LogP contribution in [-0.4, -0.2) is 17.9 Å². The molecule has 1 heterocycles. The van der Waals surface area contributed by atoms with E-state index in [1.165, 1.54) is 0 Å². The molecule has 0 spiro atoms. The molecule has 76 valence electrons. The molecular weight excluding hydrogens is 178 g/mol. The Hall–Kier alpha value is -1.38. The zero-order chi connectivity index (χ0) is 10.4. The van der Waals surface area contributed by atoms with E-state index in [0.717, 1.165) is 12.8 Å². The first-order valence-corrected chi connectivity index (χ1v) is 4.80. The molecule has 3 nitrogen and oxygen atoms in total. The summed E-state index contributed by atoms with van der Waals surface area (Å²) in [6, 6.07) is 1.73. The molecule has 0 aliphatic heterocycles. The highest BCUT2D eigenvalue weighted by atomic mass is 16.5. The first-order valence-electron chi connectivity index (χ1n) is 4.80. The second-order valence-electron chi connectivity index (χ2n) is 3.14. The summed E-state index contributed by atoms with van der Waals surface area (Å²) in [5, 5.41) is 0. The van der Waals surface area contributed by atoms with Gasteiger partial charge in [0.05, 0.1) is 13.3 Å². The van der Waals surface area contributed by atoms with Crippen LogP contribution in [0, 0.1) is 0 Å². The van der Waals surface area contributed by atoms with Crippen LogP contribution in [0.15, 0.2) is 18.5 Å². The van der Waals surface area contributed by atoms with Gasteiger partial charge in [0.2, 0.25) is 0 Å². The summed E-state index contributed by atoms with van der Waals surface area (Å²) in [6.07, 6.45) is 5.72. The normalized spacial score (nSPS) is 9.86. The SMILES string of the molecule is CCCCC(=O)c1cncc(OC)c1. The Morgan fingerprint density at radius 2 is 2.29 bits per heavy atom. The van der Waals surface area contributed by atoms with Crippen molar-refractivity contribution >= 4 is 5.78 Å². The zero-order valence-electron chi connectivity index (χ0n) is 8.62. The van der Waals surface area contributed by atoms with Gasteiger partial charge in [0.25, 0.3) is 0 Å². The standard InChI is InChI=1S/C11H15NO2/c1-3-4-5-11(13)9-6-10(14-2)8-12-7-9/h6-8H,3-5H2,1-2H3. The fourth-order valence-electron chi connectivity index (χ4n) is 1.16. The number of unbranched alkanes of at least 4 members (excludes halogenated alkanes) is 1. The molecule has 1 aromatic heterocycles. The molecule has 14 heavy (non-hydrogen) atoms. The highest BCUT2D eigenvalue weighted by Crippen LogP contribution is 2.12. The molecule has 0 radical (unpaired) electrons. The van der Waals surface area contributed by atoms with Crippen molar-refractivity contribution in [1.29, 1.82) is 0 Å². The number of pyridine rings is 1. The van der Waals surface area contributed by atoms with E-state index in [-0.39, 0.29) is 5.78 Å². The smallest absolute Gasteiger partial charge is 0.164 e. The molecule has 3 heteroatoms. The molecule has 0 unspecified atom stereocenters. The summed E-state index contributed by atoms with van der Waals surface area (Å²) in [7, 11) is 1.57. The number of hydrogen-bond acceptors (Lipinski definition) is 3. The van der Waals surface area contributed by atoms with Gasteiger partial charge < -0.3 is 4.74 Å². The van der Waals surface area contributed by atoms with Crippen LogP contribution in [0.3, 0.4) is 0 Å². The lowest BCUT2D eigenvalue weighted by atomic mass is 10.1. The van der Waals surface area contributed by atoms with Crippen molar-refractivity contribution in [2.24, 2.45) is 0 Å². The van der Waals surface area contributed by atoms with Crippen LogP contribution >= 0.6 is 0 Å². The average molecular weight is 193 g/mol. The van der Waals surface area contributed by atoms with Crippen molar-refractivity contribution in [2.75, 3.05) is 7.11 Å². The van der Waals surface area contributed by atoms with Crippen LogP contribution in [0.5, 0.6) is 5.75 Å². The second-order valence-corrected chi connectivity index (χ2v) is 3.14. The third-order valence-corrected chi connectivity index (χ3v) is 2.03. The van der Waals surface area contributed by atoms with Crippen molar-refractivity contribution in [3.63, 3.8) is 0 Å². The molecule has 1 rings (SSSR count). The fraction of sp³-hybridized carbons (Fsp3) is 0.455. The minimum Gasteiger partial charge on any atom is -0.495 e. The Morgan fingerprint density at radius 1 is 1.50 bits per heavy atom. The Kier molecular flexibility index (Phi) is 4.11. The molecular formula is C11H15NO2. The number of rotatable bonds is 5. The topological polar surface area (TPSA) is 39.2 Å². The lowest BCUT2D eigenvalue weighted by Crippen LogP contribution is -2.00. The first-order chi connectivity index (χ1) is 6.77. The number of carbonyl (C=O) groups excluding carboxylic acids is 1. The number of aromatic nitrogens is 1. The van der Waals surface area contributed by atoms with Crippen molar-refractivity contribution in [3.8, 4) is 5.75 Å². The van der Waals surface area contributed by atoms with Gasteiger partial charge >= 0.3 is 0 Å². The van der Waals surface area contributed by atoms with Gasteiger partial charge in [-0.15, -0.1) is 0 Å². The van der Waals surface area contributed by atoms with Crippen LogP contribution in [-0.2, 0) is 0 Å². The molecule has 0 aliphatic carbocycles. The van der Waals surface area contributed by atoms with E-state index in [1.54, 1.807) is 25.6 Å². The van der Waals surface area contributed by atoms with Gasteiger partial charge in [0, 0.05) is 18.2 Å². The largest absolute Gasteiger partial charge is 0.495 e. The molecule has 0 saturated carbocycles. The molecule has 1 aromatic rings. The molecule has 0 saturated heterocycles. The lowest BCUT2D eigenvalue weighted by molar-refractivity contribution is 0.0979. The van der Waals surface area contributed by atoms with E-state index in [2.05, 4.69) is 11.9 Å². The molecule has 0 amide bonds. The van der Waals surface area contributed by atoms with Crippen LogP contribution in [0.2, 0.25) is 0 Å². The number of ether oxygens (including phenoxy) is 1. The van der Waals surface area contributed by atoms with Gasteiger partial charge in [-0.3, -0.25) is 9.78 Å². The van der Waals surface area contributed by atoms with Crippen molar-refractivity contribution in [1.82, 2.24) is 4.98 Å². The van der Waals surface area contributed by atoms with E-state index in [1.807, 2.05) is 0 Å². The number of methoxy groups -OCH3 is 1. The van der Waals surface area contributed by atoms with Crippen LogP contribution in [0.4, 0.5) is 0 Å². The minimum absolute atomic E-state index is 0.137. The van der Waals surface area contributed by atoms with Crippen molar-refractivity contribution in [3.05, 3.63) is 24.0 Å². The molecule has 0 atom stereocenters. The van der Waals surface area contributed by atoms with Crippen LogP contribution in [0.1, 0.15) is 36.5 Å². The van der Waals surface area contributed by atoms with Gasteiger partial charge in [0.15, 0.2) is 5.78 Å². The van der Waals surface area contributed by atoms with Crippen LogP contribution in [0.25, 0.3) is 0 Å². The lowest BCUT2D eigenvalue weighted by Gasteiger charge is -2.02. The maximum atomic E-state index is 11.6. The number of hydrogen-bond donors (Lipinski definition) is 0. The van der Waals surface area contributed by atoms with E-state index < -0.39 is 0 Å². The molecule has 0 N–H and O–H groups in total. The number of Topliss-reactive ketones (excluding diaryl/α,β-unsaturated/α-hetero) is 1. The van der Waals surface area contributed by atoms with E-state index in [9.17, 15) is 4.79 Å². The zero-order valence-corrected chi connectivity index (χ0v) is 8.62. The molecule has 0 bridgehead atoms. The summed E-state index contributed by atoms with van der Waals surface area (Å²) in [6.45, 7) is 2.07. The fourth-order valence-corrected chi connectivity index (χ4v) is 1.16.